The van der Waals surface area contributed by atoms with Gasteiger partial charge in [0.15, 0.2) is 0 Å². The molecule has 2 fully saturated rings. The van der Waals surface area contributed by atoms with E-state index in [4.69, 9.17) is 0 Å². The fourth-order valence-electron chi connectivity index (χ4n) is 4.22. The molecule has 26 heavy (non-hydrogen) atoms. The van der Waals surface area contributed by atoms with Gasteiger partial charge in [-0.05, 0) is 49.9 Å². The minimum Gasteiger partial charge on any atom is -0.342 e. The third-order valence-corrected chi connectivity index (χ3v) is 5.94. The standard InChI is InChI=1S/C21H31N3O2/c1-4-15(2)18-7-5-6-8-19(18)24-14-17(11-20(24)25)21(26)23-10-9-16(13-23)12-22-3/h5-8,15-17,22H,4,9-14H2,1-3H3. The number of hydrogen-bond donors (Lipinski definition) is 1. The topological polar surface area (TPSA) is 52.7 Å². The van der Waals surface area contributed by atoms with Crippen LogP contribution < -0.4 is 10.2 Å². The number of benzene rings is 1. The molecular weight excluding hydrogens is 326 g/mol. The first-order valence-corrected chi connectivity index (χ1v) is 9.87. The largest absolute Gasteiger partial charge is 0.342 e. The first-order chi connectivity index (χ1) is 12.5. The maximum Gasteiger partial charge on any atom is 0.228 e. The number of para-hydroxylation sites is 1. The molecule has 5 heteroatoms. The van der Waals surface area contributed by atoms with Crippen LogP contribution in [0.1, 0.15) is 44.6 Å². The van der Waals surface area contributed by atoms with E-state index < -0.39 is 0 Å². The Bertz CT molecular complexity index is 660. The van der Waals surface area contributed by atoms with Crippen LogP contribution in [0.15, 0.2) is 24.3 Å². The van der Waals surface area contributed by atoms with Gasteiger partial charge < -0.3 is 15.1 Å². The molecule has 3 rings (SSSR count). The van der Waals surface area contributed by atoms with Crippen molar-refractivity contribution in [1.29, 1.82) is 0 Å². The summed E-state index contributed by atoms with van der Waals surface area (Å²) in [6.45, 7) is 7.44. The monoisotopic (exact) mass is 357 g/mol. The first-order valence-electron chi connectivity index (χ1n) is 9.87. The zero-order valence-electron chi connectivity index (χ0n) is 16.2. The first kappa shape index (κ1) is 18.9. The smallest absolute Gasteiger partial charge is 0.228 e. The van der Waals surface area contributed by atoms with Gasteiger partial charge in [-0.1, -0.05) is 32.0 Å². The van der Waals surface area contributed by atoms with Crippen molar-refractivity contribution < 1.29 is 9.59 Å². The number of rotatable bonds is 6. The molecule has 2 aliphatic rings. The average Bonchev–Trinajstić information content (AvgIpc) is 3.27. The molecule has 1 aromatic rings. The van der Waals surface area contributed by atoms with Crippen LogP contribution in [-0.2, 0) is 9.59 Å². The van der Waals surface area contributed by atoms with Crippen LogP contribution in [-0.4, -0.2) is 49.9 Å². The highest BCUT2D eigenvalue weighted by molar-refractivity contribution is 6.01. The SMILES string of the molecule is CCC(C)c1ccccc1N1CC(C(=O)N2CCC(CNC)C2)CC1=O. The second kappa shape index (κ2) is 8.21. The van der Waals surface area contributed by atoms with E-state index in [0.717, 1.165) is 38.2 Å². The third-order valence-electron chi connectivity index (χ3n) is 5.94. The molecule has 0 aliphatic carbocycles. The van der Waals surface area contributed by atoms with Gasteiger partial charge in [-0.3, -0.25) is 9.59 Å². The maximum atomic E-state index is 12.9. The van der Waals surface area contributed by atoms with Crippen molar-refractivity contribution in [2.75, 3.05) is 38.1 Å². The van der Waals surface area contributed by atoms with Crippen LogP contribution in [0.5, 0.6) is 0 Å². The molecule has 3 unspecified atom stereocenters. The number of nitrogens with zero attached hydrogens (tertiary/aromatic N) is 2. The van der Waals surface area contributed by atoms with E-state index in [1.165, 1.54) is 5.56 Å². The van der Waals surface area contributed by atoms with Crippen LogP contribution in [0.2, 0.25) is 0 Å². The summed E-state index contributed by atoms with van der Waals surface area (Å²) in [5, 5.41) is 3.20. The minimum atomic E-state index is -0.208. The molecule has 142 valence electrons. The van der Waals surface area contributed by atoms with Gasteiger partial charge >= 0.3 is 0 Å². The molecule has 2 heterocycles. The Morgan fingerprint density at radius 2 is 2.08 bits per heavy atom. The van der Waals surface area contributed by atoms with E-state index in [2.05, 4.69) is 25.2 Å². The summed E-state index contributed by atoms with van der Waals surface area (Å²) in [7, 11) is 1.95. The third kappa shape index (κ3) is 3.78. The summed E-state index contributed by atoms with van der Waals surface area (Å²) < 4.78 is 0. The summed E-state index contributed by atoms with van der Waals surface area (Å²) in [5.41, 5.74) is 2.18. The Morgan fingerprint density at radius 1 is 1.31 bits per heavy atom. The zero-order chi connectivity index (χ0) is 18.7. The zero-order valence-corrected chi connectivity index (χ0v) is 16.2. The van der Waals surface area contributed by atoms with Crippen LogP contribution in [0.4, 0.5) is 5.69 Å². The van der Waals surface area contributed by atoms with Crippen LogP contribution in [0.3, 0.4) is 0 Å². The van der Waals surface area contributed by atoms with Crippen molar-refractivity contribution in [3.05, 3.63) is 29.8 Å². The Labute approximate surface area is 156 Å². The predicted molar refractivity (Wildman–Crippen MR) is 104 cm³/mol. The normalized spacial score (nSPS) is 24.3. The molecule has 0 radical (unpaired) electrons. The Kier molecular flexibility index (Phi) is 5.97. The van der Waals surface area contributed by atoms with Crippen molar-refractivity contribution in [3.63, 3.8) is 0 Å². The maximum absolute atomic E-state index is 12.9. The molecule has 2 aliphatic heterocycles. The van der Waals surface area contributed by atoms with Crippen LogP contribution >= 0.6 is 0 Å². The molecule has 0 bridgehead atoms. The number of nitrogens with one attached hydrogen (secondary N) is 1. The van der Waals surface area contributed by atoms with Gasteiger partial charge in [0, 0.05) is 31.7 Å². The molecule has 0 aromatic heterocycles. The second-order valence-corrected chi connectivity index (χ2v) is 7.77. The van der Waals surface area contributed by atoms with Crippen molar-refractivity contribution in [1.82, 2.24) is 10.2 Å². The number of carbonyl (C=O) groups excluding carboxylic acids is 2. The van der Waals surface area contributed by atoms with Gasteiger partial charge in [-0.2, -0.15) is 0 Å². The van der Waals surface area contributed by atoms with Gasteiger partial charge in [0.05, 0.1) is 5.92 Å². The molecule has 3 atom stereocenters. The van der Waals surface area contributed by atoms with Crippen molar-refractivity contribution in [2.45, 2.75) is 39.0 Å². The van der Waals surface area contributed by atoms with E-state index >= 15 is 0 Å². The molecule has 1 N–H and O–H groups in total. The fraction of sp³-hybridized carbons (Fsp3) is 0.619. The number of hydrogen-bond acceptors (Lipinski definition) is 3. The van der Waals surface area contributed by atoms with E-state index in [1.54, 1.807) is 0 Å². The Morgan fingerprint density at radius 3 is 2.81 bits per heavy atom. The highest BCUT2D eigenvalue weighted by atomic mass is 16.2. The molecular formula is C21H31N3O2. The quantitative estimate of drug-likeness (QED) is 0.851. The van der Waals surface area contributed by atoms with E-state index in [9.17, 15) is 9.59 Å². The average molecular weight is 357 g/mol. The highest BCUT2D eigenvalue weighted by Crippen LogP contribution is 2.34. The van der Waals surface area contributed by atoms with Gasteiger partial charge in [0.25, 0.3) is 0 Å². The van der Waals surface area contributed by atoms with Crippen molar-refractivity contribution in [3.8, 4) is 0 Å². The highest BCUT2D eigenvalue weighted by Gasteiger charge is 2.39. The predicted octanol–water partition coefficient (Wildman–Crippen LogP) is 2.62. The van der Waals surface area contributed by atoms with Gasteiger partial charge in [0.1, 0.15) is 0 Å². The molecule has 2 amide bonds. The fourth-order valence-corrected chi connectivity index (χ4v) is 4.22. The summed E-state index contributed by atoms with van der Waals surface area (Å²) in [5.74, 6) is 0.948. The van der Waals surface area contributed by atoms with Crippen LogP contribution in [0.25, 0.3) is 0 Å². The van der Waals surface area contributed by atoms with E-state index in [1.807, 2.05) is 35.0 Å². The van der Waals surface area contributed by atoms with Gasteiger partial charge in [0.2, 0.25) is 11.8 Å². The summed E-state index contributed by atoms with van der Waals surface area (Å²) >= 11 is 0. The Balaban J connectivity index is 1.71. The lowest BCUT2D eigenvalue weighted by Crippen LogP contribution is -2.36. The molecule has 0 spiro atoms. The van der Waals surface area contributed by atoms with Gasteiger partial charge in [-0.15, -0.1) is 0 Å². The second-order valence-electron chi connectivity index (χ2n) is 7.77. The summed E-state index contributed by atoms with van der Waals surface area (Å²) in [6.07, 6.45) is 2.41. The lowest BCUT2D eigenvalue weighted by molar-refractivity contribution is -0.134. The lowest BCUT2D eigenvalue weighted by atomic mass is 9.96. The number of carbonyl (C=O) groups is 2. The van der Waals surface area contributed by atoms with Gasteiger partial charge in [-0.25, -0.2) is 0 Å². The number of amides is 2. The van der Waals surface area contributed by atoms with E-state index in [-0.39, 0.29) is 17.7 Å². The minimum absolute atomic E-state index is 0.0741. The van der Waals surface area contributed by atoms with Crippen molar-refractivity contribution in [2.24, 2.45) is 11.8 Å². The van der Waals surface area contributed by atoms with Crippen molar-refractivity contribution >= 4 is 17.5 Å². The Hall–Kier alpha value is -1.88. The molecule has 5 nitrogen and oxygen atoms in total. The van der Waals surface area contributed by atoms with E-state index in [0.29, 0.717) is 24.8 Å². The summed E-state index contributed by atoms with van der Waals surface area (Å²) in [4.78, 5) is 29.4. The molecule has 0 saturated carbocycles. The number of likely N-dealkylation sites (tertiary alicyclic amines) is 1. The lowest BCUT2D eigenvalue weighted by Gasteiger charge is -2.24. The molecule has 2 saturated heterocycles. The van der Waals surface area contributed by atoms with Crippen LogP contribution in [0, 0.1) is 11.8 Å². The number of anilines is 1. The molecule has 1 aromatic carbocycles. The summed E-state index contributed by atoms with van der Waals surface area (Å²) in [6, 6.07) is 8.13.